The molecule has 6 nitrogen and oxygen atoms in total. The molecule has 7 heteroatoms. The van der Waals surface area contributed by atoms with E-state index in [1.807, 2.05) is 13.1 Å². The van der Waals surface area contributed by atoms with E-state index < -0.39 is 5.97 Å². The number of aromatic nitrogens is 3. The summed E-state index contributed by atoms with van der Waals surface area (Å²) in [6.45, 7) is 6.06. The maximum Gasteiger partial charge on any atom is 0.337 e. The van der Waals surface area contributed by atoms with E-state index in [-0.39, 0.29) is 0 Å². The molecule has 0 fully saturated rings. The summed E-state index contributed by atoms with van der Waals surface area (Å²) in [4.78, 5) is 24.1. The van der Waals surface area contributed by atoms with Crippen LogP contribution in [0.15, 0.2) is 6.20 Å². The first-order valence-corrected chi connectivity index (χ1v) is 7.57. The Morgan fingerprint density at radius 1 is 1.45 bits per heavy atom. The maximum atomic E-state index is 11.3. The van der Waals surface area contributed by atoms with Crippen LogP contribution in [0.5, 0.6) is 0 Å². The van der Waals surface area contributed by atoms with Gasteiger partial charge in [0.25, 0.3) is 0 Å². The maximum absolute atomic E-state index is 11.3. The number of aromatic carboxylic acids is 1. The molecule has 0 radical (unpaired) electrons. The van der Waals surface area contributed by atoms with Crippen LogP contribution < -0.4 is 0 Å². The number of H-pyrrole nitrogens is 2. The Balaban J connectivity index is 1.81. The predicted octanol–water partition coefficient (Wildman–Crippen LogP) is 2.34. The SMILES string of the molecule is Cc1[nH]c(CN2CCc3[nH]c(=S)ncc3C2)c(C)c1C(=O)O. The summed E-state index contributed by atoms with van der Waals surface area (Å²) in [5.74, 6) is -0.877. The molecule has 2 aromatic rings. The fourth-order valence-electron chi connectivity index (χ4n) is 3.06. The normalized spacial score (nSPS) is 14.8. The van der Waals surface area contributed by atoms with Crippen LogP contribution in [0, 0.1) is 18.6 Å². The van der Waals surface area contributed by atoms with Crippen LogP contribution in [0.2, 0.25) is 0 Å². The minimum atomic E-state index is -0.877. The fourth-order valence-corrected chi connectivity index (χ4v) is 3.23. The van der Waals surface area contributed by atoms with E-state index >= 15 is 0 Å². The Hall–Kier alpha value is -1.99. The first-order chi connectivity index (χ1) is 10.5. The predicted molar refractivity (Wildman–Crippen MR) is 84.5 cm³/mol. The number of fused-ring (bicyclic) bond motifs is 1. The topological polar surface area (TPSA) is 85.0 Å². The molecule has 0 saturated carbocycles. The fraction of sp³-hybridized carbons (Fsp3) is 0.400. The van der Waals surface area contributed by atoms with Crippen LogP contribution in [0.4, 0.5) is 0 Å². The van der Waals surface area contributed by atoms with Gasteiger partial charge in [0.05, 0.1) is 5.56 Å². The highest BCUT2D eigenvalue weighted by atomic mass is 32.1. The van der Waals surface area contributed by atoms with Gasteiger partial charge in [-0.25, -0.2) is 9.78 Å². The number of aromatic amines is 2. The van der Waals surface area contributed by atoms with Gasteiger partial charge in [-0.2, -0.15) is 0 Å². The summed E-state index contributed by atoms with van der Waals surface area (Å²) >= 11 is 5.05. The summed E-state index contributed by atoms with van der Waals surface area (Å²) in [6.07, 6.45) is 2.72. The van der Waals surface area contributed by atoms with Gasteiger partial charge in [-0.15, -0.1) is 0 Å². The zero-order valence-electron chi connectivity index (χ0n) is 12.6. The molecule has 3 rings (SSSR count). The minimum absolute atomic E-state index is 0.387. The molecular formula is C15H18N4O2S. The van der Waals surface area contributed by atoms with E-state index in [0.29, 0.717) is 22.6 Å². The standard InChI is InChI=1S/C15H18N4O2S/c1-8-12(17-9(2)13(8)14(20)21)7-19-4-3-11-10(6-19)5-16-15(22)18-11/h5,17H,3-4,6-7H2,1-2H3,(H,20,21)(H,16,18,22). The number of aryl methyl sites for hydroxylation is 1. The first kappa shape index (κ1) is 14.9. The van der Waals surface area contributed by atoms with Crippen LogP contribution in [0.3, 0.4) is 0 Å². The van der Waals surface area contributed by atoms with Crippen LogP contribution in [0.1, 0.15) is 38.6 Å². The van der Waals surface area contributed by atoms with Crippen molar-refractivity contribution < 1.29 is 9.90 Å². The van der Waals surface area contributed by atoms with Crippen molar-refractivity contribution in [2.24, 2.45) is 0 Å². The molecule has 0 atom stereocenters. The Morgan fingerprint density at radius 2 is 2.23 bits per heavy atom. The summed E-state index contributed by atoms with van der Waals surface area (Å²) in [5, 5.41) is 9.27. The number of hydrogen-bond acceptors (Lipinski definition) is 4. The molecule has 3 N–H and O–H groups in total. The van der Waals surface area contributed by atoms with Gasteiger partial charge in [0, 0.05) is 54.9 Å². The second-order valence-corrected chi connectivity index (χ2v) is 6.07. The van der Waals surface area contributed by atoms with Crippen LogP contribution in [-0.4, -0.2) is 37.5 Å². The summed E-state index contributed by atoms with van der Waals surface area (Å²) < 4.78 is 0.522. The molecule has 116 valence electrons. The Bertz CT molecular complexity index is 793. The van der Waals surface area contributed by atoms with Crippen molar-refractivity contribution in [2.75, 3.05) is 6.54 Å². The van der Waals surface area contributed by atoms with Gasteiger partial charge in [-0.1, -0.05) is 0 Å². The lowest BCUT2D eigenvalue weighted by Gasteiger charge is -2.28. The molecule has 1 aliphatic rings. The lowest BCUT2D eigenvalue weighted by Crippen LogP contribution is -2.31. The first-order valence-electron chi connectivity index (χ1n) is 7.16. The summed E-state index contributed by atoms with van der Waals surface area (Å²) in [6, 6.07) is 0. The van der Waals surface area contributed by atoms with Crippen LogP contribution in [0.25, 0.3) is 0 Å². The Kier molecular flexibility index (Phi) is 3.84. The van der Waals surface area contributed by atoms with Gasteiger partial charge in [0.2, 0.25) is 0 Å². The number of nitrogens with one attached hydrogen (secondary N) is 2. The minimum Gasteiger partial charge on any atom is -0.478 e. The number of carbonyl (C=O) groups is 1. The molecule has 0 aromatic carbocycles. The molecule has 2 aromatic heterocycles. The molecular weight excluding hydrogens is 300 g/mol. The van der Waals surface area contributed by atoms with Crippen LogP contribution >= 0.6 is 12.2 Å². The molecule has 22 heavy (non-hydrogen) atoms. The largest absolute Gasteiger partial charge is 0.478 e. The highest BCUT2D eigenvalue weighted by molar-refractivity contribution is 7.71. The van der Waals surface area contributed by atoms with E-state index in [0.717, 1.165) is 42.0 Å². The van der Waals surface area contributed by atoms with Crippen molar-refractivity contribution in [3.05, 3.63) is 44.7 Å². The Morgan fingerprint density at radius 3 is 2.91 bits per heavy atom. The summed E-state index contributed by atoms with van der Waals surface area (Å²) in [5.41, 5.74) is 5.19. The molecule has 3 heterocycles. The number of carboxylic acids is 1. The van der Waals surface area contributed by atoms with Crippen molar-refractivity contribution >= 4 is 18.2 Å². The third kappa shape index (κ3) is 2.69. The smallest absolute Gasteiger partial charge is 0.337 e. The van der Waals surface area contributed by atoms with Crippen molar-refractivity contribution in [1.82, 2.24) is 19.9 Å². The van der Waals surface area contributed by atoms with Crippen molar-refractivity contribution in [1.29, 1.82) is 0 Å². The van der Waals surface area contributed by atoms with Crippen molar-refractivity contribution in [3.63, 3.8) is 0 Å². The molecule has 0 spiro atoms. The van der Waals surface area contributed by atoms with Gasteiger partial charge < -0.3 is 15.1 Å². The van der Waals surface area contributed by atoms with Gasteiger partial charge in [0.15, 0.2) is 4.77 Å². The monoisotopic (exact) mass is 318 g/mol. The molecule has 0 bridgehead atoms. The Labute approximate surface area is 133 Å². The van der Waals surface area contributed by atoms with Gasteiger partial charge in [0.1, 0.15) is 0 Å². The zero-order chi connectivity index (χ0) is 15.9. The van der Waals surface area contributed by atoms with Gasteiger partial charge in [-0.3, -0.25) is 4.90 Å². The summed E-state index contributed by atoms with van der Waals surface area (Å²) in [7, 11) is 0. The van der Waals surface area contributed by atoms with E-state index in [9.17, 15) is 9.90 Å². The van der Waals surface area contributed by atoms with Crippen molar-refractivity contribution in [2.45, 2.75) is 33.4 Å². The number of carboxylic acid groups (broad SMARTS) is 1. The van der Waals surface area contributed by atoms with Gasteiger partial charge in [-0.05, 0) is 31.6 Å². The number of hydrogen-bond donors (Lipinski definition) is 3. The quantitative estimate of drug-likeness (QED) is 0.756. The molecule has 1 aliphatic heterocycles. The third-order valence-electron chi connectivity index (χ3n) is 4.19. The zero-order valence-corrected chi connectivity index (χ0v) is 13.4. The highest BCUT2D eigenvalue weighted by Gasteiger charge is 2.21. The van der Waals surface area contributed by atoms with E-state index in [1.54, 1.807) is 6.92 Å². The molecule has 0 amide bonds. The highest BCUT2D eigenvalue weighted by Crippen LogP contribution is 2.22. The average molecular weight is 318 g/mol. The lowest BCUT2D eigenvalue weighted by molar-refractivity contribution is 0.0695. The van der Waals surface area contributed by atoms with Gasteiger partial charge >= 0.3 is 5.97 Å². The molecule has 0 aliphatic carbocycles. The molecule has 0 saturated heterocycles. The number of rotatable bonds is 3. The second-order valence-electron chi connectivity index (χ2n) is 5.69. The van der Waals surface area contributed by atoms with Crippen LogP contribution in [-0.2, 0) is 19.5 Å². The number of nitrogens with zero attached hydrogens (tertiary/aromatic N) is 2. The third-order valence-corrected chi connectivity index (χ3v) is 4.40. The molecule has 0 unspecified atom stereocenters. The van der Waals surface area contributed by atoms with E-state index in [1.165, 1.54) is 0 Å². The van der Waals surface area contributed by atoms with Crippen molar-refractivity contribution in [3.8, 4) is 0 Å². The van der Waals surface area contributed by atoms with E-state index in [4.69, 9.17) is 12.2 Å². The average Bonchev–Trinajstić information content (AvgIpc) is 2.73. The lowest BCUT2D eigenvalue weighted by atomic mass is 10.1. The van der Waals surface area contributed by atoms with E-state index in [2.05, 4.69) is 19.9 Å². The second kappa shape index (κ2) is 5.66.